The molecule has 0 aliphatic heterocycles. The van der Waals surface area contributed by atoms with Gasteiger partial charge in [-0.3, -0.25) is 24.4 Å². The molecule has 1 aromatic rings. The van der Waals surface area contributed by atoms with Crippen LogP contribution < -0.4 is 11.1 Å². The number of primary amides is 1. The average molecular weight is 323 g/mol. The molecule has 126 valence electrons. The summed E-state index contributed by atoms with van der Waals surface area (Å²) in [5, 5.41) is 17.9. The molecular weight excluding hydrogens is 302 g/mol. The van der Waals surface area contributed by atoms with Gasteiger partial charge < -0.3 is 11.1 Å². The summed E-state index contributed by atoms with van der Waals surface area (Å²) in [4.78, 5) is 34.8. The molecule has 1 aliphatic carbocycles. The lowest BCUT2D eigenvalue weighted by Gasteiger charge is -2.25. The third-order valence-corrected chi connectivity index (χ3v) is 4.46. The molecule has 1 aliphatic rings. The monoisotopic (exact) mass is 323 g/mol. The van der Waals surface area contributed by atoms with E-state index < -0.39 is 22.2 Å². The standard InChI is InChI=1S/C14H21N5O4/c1-3-18-11(10(19(22)23)9(2)17-18)12(20)16-8-14(13(15)21)6-4-5-7-14/h3-8H2,1-2H3,(H2,15,21)(H,16,20). The molecule has 1 fully saturated rings. The zero-order valence-corrected chi connectivity index (χ0v) is 13.3. The number of nitrogens with zero attached hydrogens (tertiary/aromatic N) is 3. The van der Waals surface area contributed by atoms with Gasteiger partial charge in [-0.2, -0.15) is 5.10 Å². The number of nitrogens with one attached hydrogen (secondary N) is 1. The van der Waals surface area contributed by atoms with E-state index in [2.05, 4.69) is 10.4 Å². The van der Waals surface area contributed by atoms with Crippen molar-refractivity contribution in [3.63, 3.8) is 0 Å². The summed E-state index contributed by atoms with van der Waals surface area (Å²) in [6.45, 7) is 3.66. The average Bonchev–Trinajstić information content (AvgIpc) is 3.09. The summed E-state index contributed by atoms with van der Waals surface area (Å²) < 4.78 is 1.30. The van der Waals surface area contributed by atoms with Crippen LogP contribution in [0.5, 0.6) is 0 Å². The fraction of sp³-hybridized carbons (Fsp3) is 0.643. The van der Waals surface area contributed by atoms with Gasteiger partial charge in [-0.1, -0.05) is 12.8 Å². The molecule has 0 aromatic carbocycles. The Labute approximate surface area is 133 Å². The zero-order valence-electron chi connectivity index (χ0n) is 13.3. The van der Waals surface area contributed by atoms with Crippen LogP contribution in [0.3, 0.4) is 0 Å². The SMILES string of the molecule is CCn1nc(C)c([N+](=O)[O-])c1C(=O)NCC1(C(N)=O)CCCC1. The van der Waals surface area contributed by atoms with Crippen LogP contribution in [0, 0.1) is 22.5 Å². The molecule has 9 heteroatoms. The Balaban J connectivity index is 2.24. The molecule has 2 amide bonds. The van der Waals surface area contributed by atoms with Crippen molar-refractivity contribution in [1.82, 2.24) is 15.1 Å². The number of nitrogens with two attached hydrogens (primary N) is 1. The molecule has 0 bridgehead atoms. The van der Waals surface area contributed by atoms with Gasteiger partial charge in [0.25, 0.3) is 5.91 Å². The van der Waals surface area contributed by atoms with Gasteiger partial charge in [0.2, 0.25) is 11.6 Å². The summed E-state index contributed by atoms with van der Waals surface area (Å²) in [6.07, 6.45) is 3.00. The maximum atomic E-state index is 12.5. The Morgan fingerprint density at radius 1 is 1.43 bits per heavy atom. The molecule has 3 N–H and O–H groups in total. The smallest absolute Gasteiger partial charge is 0.322 e. The Morgan fingerprint density at radius 2 is 2.04 bits per heavy atom. The van der Waals surface area contributed by atoms with Crippen LogP contribution in [0.1, 0.15) is 48.8 Å². The molecular formula is C14H21N5O4. The highest BCUT2D eigenvalue weighted by atomic mass is 16.6. The Hall–Kier alpha value is -2.45. The third kappa shape index (κ3) is 3.03. The molecule has 0 saturated heterocycles. The summed E-state index contributed by atoms with van der Waals surface area (Å²) in [5.74, 6) is -1.04. The first-order valence-corrected chi connectivity index (χ1v) is 7.62. The number of aryl methyl sites for hydroxylation is 2. The minimum atomic E-state index is -0.753. The van der Waals surface area contributed by atoms with E-state index in [0.29, 0.717) is 19.4 Å². The van der Waals surface area contributed by atoms with E-state index in [1.807, 2.05) is 0 Å². The molecule has 0 atom stereocenters. The maximum Gasteiger partial charge on any atom is 0.322 e. The van der Waals surface area contributed by atoms with E-state index in [0.717, 1.165) is 12.8 Å². The number of rotatable bonds is 6. The van der Waals surface area contributed by atoms with E-state index >= 15 is 0 Å². The van der Waals surface area contributed by atoms with E-state index in [1.165, 1.54) is 11.6 Å². The fourth-order valence-corrected chi connectivity index (χ4v) is 3.14. The van der Waals surface area contributed by atoms with Crippen molar-refractivity contribution in [2.75, 3.05) is 6.54 Å². The van der Waals surface area contributed by atoms with Crippen molar-refractivity contribution in [3.8, 4) is 0 Å². The maximum absolute atomic E-state index is 12.5. The normalized spacial score (nSPS) is 16.3. The second kappa shape index (κ2) is 6.35. The first kappa shape index (κ1) is 16.9. The predicted octanol–water partition coefficient (Wildman–Crippen LogP) is 0.895. The van der Waals surface area contributed by atoms with Gasteiger partial charge in [-0.15, -0.1) is 0 Å². The molecule has 1 heterocycles. The summed E-state index contributed by atoms with van der Waals surface area (Å²) in [7, 11) is 0. The summed E-state index contributed by atoms with van der Waals surface area (Å²) in [5.41, 5.74) is 4.52. The zero-order chi connectivity index (χ0) is 17.2. The number of nitro groups is 1. The topological polar surface area (TPSA) is 133 Å². The fourth-order valence-electron chi connectivity index (χ4n) is 3.14. The highest BCUT2D eigenvalue weighted by Crippen LogP contribution is 2.37. The van der Waals surface area contributed by atoms with Crippen LogP contribution >= 0.6 is 0 Å². The van der Waals surface area contributed by atoms with Crippen LogP contribution in [0.2, 0.25) is 0 Å². The van der Waals surface area contributed by atoms with Crippen molar-refractivity contribution < 1.29 is 14.5 Å². The minimum absolute atomic E-state index is 0.0895. The number of hydrogen-bond acceptors (Lipinski definition) is 5. The first-order valence-electron chi connectivity index (χ1n) is 7.62. The number of amides is 2. The van der Waals surface area contributed by atoms with Gasteiger partial charge in [0.05, 0.1) is 10.3 Å². The number of carbonyl (C=O) groups is 2. The molecule has 0 radical (unpaired) electrons. The van der Waals surface area contributed by atoms with Gasteiger partial charge in [0.15, 0.2) is 0 Å². The van der Waals surface area contributed by atoms with Crippen molar-refractivity contribution in [2.45, 2.75) is 46.1 Å². The highest BCUT2D eigenvalue weighted by molar-refractivity contribution is 5.97. The quantitative estimate of drug-likeness (QED) is 0.592. The lowest BCUT2D eigenvalue weighted by atomic mass is 9.85. The Morgan fingerprint density at radius 3 is 2.52 bits per heavy atom. The van der Waals surface area contributed by atoms with Gasteiger partial charge in [-0.05, 0) is 26.7 Å². The van der Waals surface area contributed by atoms with Crippen LogP contribution in [0.15, 0.2) is 0 Å². The molecule has 1 saturated carbocycles. The minimum Gasteiger partial charge on any atom is -0.369 e. The van der Waals surface area contributed by atoms with Crippen molar-refractivity contribution in [3.05, 3.63) is 21.5 Å². The molecule has 23 heavy (non-hydrogen) atoms. The summed E-state index contributed by atoms with van der Waals surface area (Å²) >= 11 is 0. The van der Waals surface area contributed by atoms with Gasteiger partial charge in [-0.25, -0.2) is 0 Å². The van der Waals surface area contributed by atoms with E-state index in [9.17, 15) is 19.7 Å². The highest BCUT2D eigenvalue weighted by Gasteiger charge is 2.40. The van der Waals surface area contributed by atoms with Gasteiger partial charge >= 0.3 is 5.69 Å². The second-order valence-corrected chi connectivity index (χ2v) is 5.89. The number of hydrogen-bond donors (Lipinski definition) is 2. The molecule has 0 spiro atoms. The van der Waals surface area contributed by atoms with Crippen molar-refractivity contribution in [1.29, 1.82) is 0 Å². The first-order chi connectivity index (χ1) is 10.8. The molecule has 0 unspecified atom stereocenters. The molecule has 2 rings (SSSR count). The van der Waals surface area contributed by atoms with E-state index in [1.54, 1.807) is 6.92 Å². The molecule has 9 nitrogen and oxygen atoms in total. The van der Waals surface area contributed by atoms with Crippen LogP contribution in [-0.4, -0.2) is 33.1 Å². The summed E-state index contributed by atoms with van der Waals surface area (Å²) in [6, 6.07) is 0. The van der Waals surface area contributed by atoms with Gasteiger partial charge in [0.1, 0.15) is 5.69 Å². The number of carbonyl (C=O) groups excluding carboxylic acids is 2. The Bertz CT molecular complexity index is 646. The Kier molecular flexibility index (Phi) is 4.67. The van der Waals surface area contributed by atoms with Crippen molar-refractivity contribution in [2.24, 2.45) is 11.1 Å². The second-order valence-electron chi connectivity index (χ2n) is 5.89. The van der Waals surface area contributed by atoms with E-state index in [-0.39, 0.29) is 23.6 Å². The molecule has 1 aromatic heterocycles. The van der Waals surface area contributed by atoms with Gasteiger partial charge in [0, 0.05) is 13.1 Å². The van der Waals surface area contributed by atoms with Crippen molar-refractivity contribution >= 4 is 17.5 Å². The predicted molar refractivity (Wildman–Crippen MR) is 81.7 cm³/mol. The van der Waals surface area contributed by atoms with Crippen LogP contribution in [0.4, 0.5) is 5.69 Å². The lowest BCUT2D eigenvalue weighted by Crippen LogP contribution is -2.45. The lowest BCUT2D eigenvalue weighted by molar-refractivity contribution is -0.385. The van der Waals surface area contributed by atoms with E-state index in [4.69, 9.17) is 5.73 Å². The van der Waals surface area contributed by atoms with Crippen LogP contribution in [-0.2, 0) is 11.3 Å². The third-order valence-electron chi connectivity index (χ3n) is 4.46. The van der Waals surface area contributed by atoms with Crippen LogP contribution in [0.25, 0.3) is 0 Å². The largest absolute Gasteiger partial charge is 0.369 e. The number of aromatic nitrogens is 2.